The lowest BCUT2D eigenvalue weighted by Crippen LogP contribution is -2.53. The molecule has 0 saturated carbocycles. The van der Waals surface area contributed by atoms with Crippen LogP contribution in [0.2, 0.25) is 0 Å². The Balaban J connectivity index is 1.71. The summed E-state index contributed by atoms with van der Waals surface area (Å²) < 4.78 is 41.5. The summed E-state index contributed by atoms with van der Waals surface area (Å²) in [5.74, 6) is -1.45. The van der Waals surface area contributed by atoms with Crippen molar-refractivity contribution in [3.05, 3.63) is 54.1 Å². The largest absolute Gasteiger partial charge is 0.409 e. The fraction of sp³-hybridized carbons (Fsp3) is 0.333. The van der Waals surface area contributed by atoms with Gasteiger partial charge < -0.3 is 10.2 Å². The van der Waals surface area contributed by atoms with E-state index in [-0.39, 0.29) is 17.9 Å². The summed E-state index contributed by atoms with van der Waals surface area (Å²) >= 11 is 0. The summed E-state index contributed by atoms with van der Waals surface area (Å²) in [5.41, 5.74) is 2.22. The Hall–Kier alpha value is -3.03. The Morgan fingerprint density at radius 3 is 2.52 bits per heavy atom. The normalized spacial score (nSPS) is 19.1. The van der Waals surface area contributed by atoms with E-state index in [0.29, 0.717) is 6.54 Å². The van der Waals surface area contributed by atoms with Crippen molar-refractivity contribution in [3.63, 3.8) is 0 Å². The number of benzene rings is 2. The molecule has 2 heterocycles. The standard InChI is InChI=1S/C21H20F3N3O2/c22-21(23,24)18-12-19(28)25-15-8-2-4-10-17(15)27(18)20(29)13-26-11-5-7-14-6-1-3-9-16(14)26/h1-4,6,8-10,18H,5,7,11-13H2,(H,25,28)/t18-/m0/s1. The molecule has 0 saturated heterocycles. The second-order valence-corrected chi connectivity index (χ2v) is 7.24. The van der Waals surface area contributed by atoms with Crippen LogP contribution < -0.4 is 15.1 Å². The predicted molar refractivity (Wildman–Crippen MR) is 104 cm³/mol. The minimum Gasteiger partial charge on any atom is -0.362 e. The Kier molecular flexibility index (Phi) is 4.94. The van der Waals surface area contributed by atoms with Crippen LogP contribution in [0.15, 0.2) is 48.5 Å². The molecule has 2 aromatic rings. The molecule has 2 aromatic carbocycles. The molecule has 8 heteroatoms. The van der Waals surface area contributed by atoms with E-state index in [1.54, 1.807) is 12.1 Å². The predicted octanol–water partition coefficient (Wildman–Crippen LogP) is 3.75. The van der Waals surface area contributed by atoms with Gasteiger partial charge in [-0.1, -0.05) is 30.3 Å². The van der Waals surface area contributed by atoms with Gasteiger partial charge in [0.15, 0.2) is 0 Å². The molecule has 29 heavy (non-hydrogen) atoms. The highest BCUT2D eigenvalue weighted by atomic mass is 19.4. The smallest absolute Gasteiger partial charge is 0.362 e. The van der Waals surface area contributed by atoms with E-state index in [9.17, 15) is 22.8 Å². The van der Waals surface area contributed by atoms with Crippen LogP contribution in [0.1, 0.15) is 18.4 Å². The van der Waals surface area contributed by atoms with Crippen LogP contribution in [0, 0.1) is 0 Å². The lowest BCUT2D eigenvalue weighted by Gasteiger charge is -2.36. The number of rotatable bonds is 2. The number of para-hydroxylation sites is 3. The number of amides is 2. The first-order chi connectivity index (χ1) is 13.8. The third kappa shape index (κ3) is 3.79. The fourth-order valence-corrected chi connectivity index (χ4v) is 4.01. The van der Waals surface area contributed by atoms with Gasteiger partial charge >= 0.3 is 6.18 Å². The summed E-state index contributed by atoms with van der Waals surface area (Å²) in [6.07, 6.45) is -3.87. The summed E-state index contributed by atoms with van der Waals surface area (Å²) in [7, 11) is 0. The van der Waals surface area contributed by atoms with Crippen LogP contribution >= 0.6 is 0 Å². The zero-order chi connectivity index (χ0) is 20.6. The molecule has 2 aliphatic rings. The van der Waals surface area contributed by atoms with Crippen LogP contribution in [0.3, 0.4) is 0 Å². The molecule has 152 valence electrons. The molecule has 1 N–H and O–H groups in total. The number of anilines is 3. The zero-order valence-electron chi connectivity index (χ0n) is 15.6. The summed E-state index contributed by atoms with van der Waals surface area (Å²) in [6, 6.07) is 11.5. The number of carbonyl (C=O) groups excluding carboxylic acids is 2. The summed E-state index contributed by atoms with van der Waals surface area (Å²) in [4.78, 5) is 27.8. The second-order valence-electron chi connectivity index (χ2n) is 7.24. The molecule has 4 rings (SSSR count). The van der Waals surface area contributed by atoms with E-state index in [4.69, 9.17) is 0 Å². The molecule has 0 fully saturated rings. The van der Waals surface area contributed by atoms with Gasteiger partial charge in [-0.2, -0.15) is 13.2 Å². The first-order valence-electron chi connectivity index (χ1n) is 9.45. The van der Waals surface area contributed by atoms with Gasteiger partial charge in [0.1, 0.15) is 6.04 Å². The van der Waals surface area contributed by atoms with Crippen LogP contribution in [-0.2, 0) is 16.0 Å². The fourth-order valence-electron chi connectivity index (χ4n) is 4.01. The van der Waals surface area contributed by atoms with E-state index < -0.39 is 30.5 Å². The van der Waals surface area contributed by atoms with Crippen molar-refractivity contribution >= 4 is 28.9 Å². The average molecular weight is 403 g/mol. The third-order valence-electron chi connectivity index (χ3n) is 5.31. The van der Waals surface area contributed by atoms with Crippen molar-refractivity contribution in [1.82, 2.24) is 0 Å². The second kappa shape index (κ2) is 7.42. The van der Waals surface area contributed by atoms with E-state index in [1.165, 1.54) is 12.1 Å². The molecule has 0 unspecified atom stereocenters. The van der Waals surface area contributed by atoms with E-state index in [0.717, 1.165) is 29.0 Å². The Morgan fingerprint density at radius 2 is 1.76 bits per heavy atom. The molecular formula is C21H20F3N3O2. The lowest BCUT2D eigenvalue weighted by atomic mass is 10.0. The van der Waals surface area contributed by atoms with Gasteiger partial charge in [0.25, 0.3) is 0 Å². The molecule has 2 amide bonds. The molecule has 1 atom stereocenters. The monoisotopic (exact) mass is 403 g/mol. The number of halogens is 3. The van der Waals surface area contributed by atoms with Gasteiger partial charge in [0.2, 0.25) is 11.8 Å². The first-order valence-corrected chi connectivity index (χ1v) is 9.45. The van der Waals surface area contributed by atoms with Crippen molar-refractivity contribution in [2.45, 2.75) is 31.5 Å². The highest BCUT2D eigenvalue weighted by Gasteiger charge is 2.49. The topological polar surface area (TPSA) is 52.7 Å². The van der Waals surface area contributed by atoms with Gasteiger partial charge in [0, 0.05) is 12.2 Å². The van der Waals surface area contributed by atoms with Crippen molar-refractivity contribution in [1.29, 1.82) is 0 Å². The molecular weight excluding hydrogens is 383 g/mol. The van der Waals surface area contributed by atoms with Crippen molar-refractivity contribution < 1.29 is 22.8 Å². The van der Waals surface area contributed by atoms with Crippen molar-refractivity contribution in [2.24, 2.45) is 0 Å². The lowest BCUT2D eigenvalue weighted by molar-refractivity contribution is -0.157. The van der Waals surface area contributed by atoms with Gasteiger partial charge in [-0.05, 0) is 36.6 Å². The summed E-state index contributed by atoms with van der Waals surface area (Å²) in [6.45, 7) is 0.401. The maximum absolute atomic E-state index is 13.8. The Morgan fingerprint density at radius 1 is 1.07 bits per heavy atom. The highest BCUT2D eigenvalue weighted by Crippen LogP contribution is 2.38. The van der Waals surface area contributed by atoms with Gasteiger partial charge in [-0.25, -0.2) is 0 Å². The average Bonchev–Trinajstić information content (AvgIpc) is 2.84. The molecule has 0 aromatic heterocycles. The number of hydrogen-bond donors (Lipinski definition) is 1. The number of hydrogen-bond acceptors (Lipinski definition) is 3. The number of aryl methyl sites for hydroxylation is 1. The number of alkyl halides is 3. The van der Waals surface area contributed by atoms with Gasteiger partial charge in [0.05, 0.1) is 24.3 Å². The molecule has 5 nitrogen and oxygen atoms in total. The Labute approximate surface area is 166 Å². The number of nitrogens with zero attached hydrogens (tertiary/aromatic N) is 2. The van der Waals surface area contributed by atoms with Gasteiger partial charge in [-0.15, -0.1) is 0 Å². The Bertz CT molecular complexity index is 945. The maximum atomic E-state index is 13.8. The zero-order valence-corrected chi connectivity index (χ0v) is 15.6. The first kappa shape index (κ1) is 19.3. The van der Waals surface area contributed by atoms with Crippen LogP contribution in [0.5, 0.6) is 0 Å². The van der Waals surface area contributed by atoms with Crippen LogP contribution in [-0.4, -0.2) is 37.1 Å². The maximum Gasteiger partial charge on any atom is 0.409 e. The molecule has 0 bridgehead atoms. The third-order valence-corrected chi connectivity index (χ3v) is 5.31. The van der Waals surface area contributed by atoms with E-state index >= 15 is 0 Å². The molecule has 0 spiro atoms. The SMILES string of the molecule is O=C1C[C@@H](C(F)(F)F)N(C(=O)CN2CCCc3ccccc32)c2ccccc2N1. The molecule has 2 aliphatic heterocycles. The van der Waals surface area contributed by atoms with Crippen LogP contribution in [0.25, 0.3) is 0 Å². The van der Waals surface area contributed by atoms with Crippen molar-refractivity contribution in [3.8, 4) is 0 Å². The quantitative estimate of drug-likeness (QED) is 0.831. The number of carbonyl (C=O) groups is 2. The molecule has 0 radical (unpaired) electrons. The number of nitrogens with one attached hydrogen (secondary N) is 1. The van der Waals surface area contributed by atoms with Crippen molar-refractivity contribution in [2.75, 3.05) is 28.2 Å². The molecule has 0 aliphatic carbocycles. The highest BCUT2D eigenvalue weighted by molar-refractivity contribution is 6.05. The minimum absolute atomic E-state index is 0.0657. The van der Waals surface area contributed by atoms with Gasteiger partial charge in [-0.3, -0.25) is 14.5 Å². The van der Waals surface area contributed by atoms with E-state index in [2.05, 4.69) is 5.32 Å². The number of fused-ring (bicyclic) bond motifs is 2. The van der Waals surface area contributed by atoms with Crippen LogP contribution in [0.4, 0.5) is 30.2 Å². The van der Waals surface area contributed by atoms with E-state index in [1.807, 2.05) is 29.2 Å². The minimum atomic E-state index is -4.73. The summed E-state index contributed by atoms with van der Waals surface area (Å²) in [5, 5.41) is 2.48.